The Balaban J connectivity index is 1.77. The highest BCUT2D eigenvalue weighted by molar-refractivity contribution is 5.80. The van der Waals surface area contributed by atoms with Crippen LogP contribution in [0.25, 0.3) is 0 Å². The number of amides is 1. The van der Waals surface area contributed by atoms with Gasteiger partial charge in [0.05, 0.1) is 6.54 Å². The van der Waals surface area contributed by atoms with Gasteiger partial charge in [0.1, 0.15) is 6.54 Å². The maximum absolute atomic E-state index is 11.6. The van der Waals surface area contributed by atoms with Gasteiger partial charge in [0.25, 0.3) is 0 Å². The molecule has 0 radical (unpaired) electrons. The SMILES string of the molecule is CCCNC(=O)CN(C)c1nnc(CNC2CC2)o1. The van der Waals surface area contributed by atoms with Gasteiger partial charge in [-0.2, -0.15) is 0 Å². The third-order valence-electron chi connectivity index (χ3n) is 2.85. The van der Waals surface area contributed by atoms with Crippen LogP contribution < -0.4 is 15.5 Å². The van der Waals surface area contributed by atoms with Gasteiger partial charge in [0, 0.05) is 19.6 Å². The molecule has 0 saturated heterocycles. The molecule has 1 aliphatic carbocycles. The lowest BCUT2D eigenvalue weighted by Gasteiger charge is -2.13. The third-order valence-corrected chi connectivity index (χ3v) is 2.85. The Morgan fingerprint density at radius 2 is 2.26 bits per heavy atom. The van der Waals surface area contributed by atoms with E-state index in [0.717, 1.165) is 6.42 Å². The number of nitrogens with zero attached hydrogens (tertiary/aromatic N) is 3. The molecule has 2 rings (SSSR count). The molecule has 7 heteroatoms. The van der Waals surface area contributed by atoms with Gasteiger partial charge in [0.2, 0.25) is 11.8 Å². The zero-order valence-electron chi connectivity index (χ0n) is 11.5. The van der Waals surface area contributed by atoms with E-state index >= 15 is 0 Å². The fraction of sp³-hybridized carbons (Fsp3) is 0.750. The summed E-state index contributed by atoms with van der Waals surface area (Å²) in [4.78, 5) is 13.2. The summed E-state index contributed by atoms with van der Waals surface area (Å²) in [6.45, 7) is 3.51. The molecule has 19 heavy (non-hydrogen) atoms. The van der Waals surface area contributed by atoms with Crippen molar-refractivity contribution in [2.24, 2.45) is 0 Å². The van der Waals surface area contributed by atoms with E-state index in [-0.39, 0.29) is 12.5 Å². The molecule has 0 unspecified atom stereocenters. The molecule has 2 N–H and O–H groups in total. The average molecular weight is 267 g/mol. The summed E-state index contributed by atoms with van der Waals surface area (Å²) in [6, 6.07) is 0.979. The summed E-state index contributed by atoms with van der Waals surface area (Å²) < 4.78 is 5.49. The number of nitrogens with one attached hydrogen (secondary N) is 2. The van der Waals surface area contributed by atoms with E-state index in [9.17, 15) is 4.79 Å². The van der Waals surface area contributed by atoms with Crippen LogP contribution in [0.15, 0.2) is 4.42 Å². The number of aromatic nitrogens is 2. The maximum Gasteiger partial charge on any atom is 0.318 e. The summed E-state index contributed by atoms with van der Waals surface area (Å²) in [5.41, 5.74) is 0. The van der Waals surface area contributed by atoms with Crippen LogP contribution in [0.4, 0.5) is 6.01 Å². The Morgan fingerprint density at radius 3 is 2.95 bits per heavy atom. The fourth-order valence-electron chi connectivity index (χ4n) is 1.59. The summed E-state index contributed by atoms with van der Waals surface area (Å²) >= 11 is 0. The molecule has 0 atom stereocenters. The highest BCUT2D eigenvalue weighted by atomic mass is 16.4. The van der Waals surface area contributed by atoms with E-state index in [2.05, 4.69) is 20.8 Å². The Hall–Kier alpha value is -1.63. The van der Waals surface area contributed by atoms with Crippen molar-refractivity contribution < 1.29 is 9.21 Å². The molecular weight excluding hydrogens is 246 g/mol. The normalized spacial score (nSPS) is 14.4. The first-order valence-corrected chi connectivity index (χ1v) is 6.72. The molecule has 1 aromatic heterocycles. The number of hydrogen-bond acceptors (Lipinski definition) is 6. The summed E-state index contributed by atoms with van der Waals surface area (Å²) in [5, 5.41) is 14.0. The van der Waals surface area contributed by atoms with Gasteiger partial charge in [-0.05, 0) is 19.3 Å². The second-order valence-corrected chi connectivity index (χ2v) is 4.84. The number of anilines is 1. The summed E-state index contributed by atoms with van der Waals surface area (Å²) in [7, 11) is 1.76. The van der Waals surface area contributed by atoms with Gasteiger partial charge in [-0.3, -0.25) is 4.79 Å². The van der Waals surface area contributed by atoms with E-state index in [1.807, 2.05) is 6.92 Å². The van der Waals surface area contributed by atoms with Crippen LogP contribution in [0.5, 0.6) is 0 Å². The first-order valence-electron chi connectivity index (χ1n) is 6.72. The Labute approximate surface area is 112 Å². The molecule has 1 heterocycles. The minimum Gasteiger partial charge on any atom is -0.407 e. The van der Waals surface area contributed by atoms with Crippen LogP contribution in [-0.2, 0) is 11.3 Å². The molecule has 0 spiro atoms. The van der Waals surface area contributed by atoms with Crippen LogP contribution in [0.1, 0.15) is 32.1 Å². The van der Waals surface area contributed by atoms with E-state index in [0.29, 0.717) is 31.0 Å². The Kier molecular flexibility index (Phi) is 4.73. The number of rotatable bonds is 8. The molecule has 1 amide bonds. The second kappa shape index (κ2) is 6.51. The van der Waals surface area contributed by atoms with Crippen molar-refractivity contribution in [3.63, 3.8) is 0 Å². The van der Waals surface area contributed by atoms with Crippen LogP contribution in [0, 0.1) is 0 Å². The molecule has 0 bridgehead atoms. The molecule has 7 nitrogen and oxygen atoms in total. The molecule has 0 aliphatic heterocycles. The fourth-order valence-corrected chi connectivity index (χ4v) is 1.59. The topological polar surface area (TPSA) is 83.3 Å². The standard InChI is InChI=1S/C12H21N5O2/c1-3-6-13-10(18)8-17(2)12-16-15-11(19-12)7-14-9-4-5-9/h9,14H,3-8H2,1-2H3,(H,13,18). The molecular formula is C12H21N5O2. The summed E-state index contributed by atoms with van der Waals surface area (Å²) in [5.74, 6) is 0.517. The van der Waals surface area contributed by atoms with Gasteiger partial charge in [-0.25, -0.2) is 0 Å². The van der Waals surface area contributed by atoms with Crippen LogP contribution in [0.3, 0.4) is 0 Å². The van der Waals surface area contributed by atoms with Gasteiger partial charge in [-0.15, -0.1) is 5.10 Å². The number of carbonyl (C=O) groups is 1. The van der Waals surface area contributed by atoms with Crippen molar-refractivity contribution in [3.8, 4) is 0 Å². The molecule has 106 valence electrons. The third kappa shape index (κ3) is 4.51. The maximum atomic E-state index is 11.6. The lowest BCUT2D eigenvalue weighted by atomic mass is 10.4. The highest BCUT2D eigenvalue weighted by Gasteiger charge is 2.21. The van der Waals surface area contributed by atoms with E-state index in [1.165, 1.54) is 12.8 Å². The largest absolute Gasteiger partial charge is 0.407 e. The van der Waals surface area contributed by atoms with Crippen LogP contribution >= 0.6 is 0 Å². The van der Waals surface area contributed by atoms with E-state index < -0.39 is 0 Å². The quantitative estimate of drug-likeness (QED) is 0.704. The smallest absolute Gasteiger partial charge is 0.318 e. The predicted octanol–water partition coefficient (Wildman–Crippen LogP) is 0.284. The van der Waals surface area contributed by atoms with Gasteiger partial charge in [-0.1, -0.05) is 12.0 Å². The second-order valence-electron chi connectivity index (χ2n) is 4.84. The van der Waals surface area contributed by atoms with Crippen molar-refractivity contribution >= 4 is 11.9 Å². The van der Waals surface area contributed by atoms with Gasteiger partial charge < -0.3 is 20.0 Å². The van der Waals surface area contributed by atoms with Crippen molar-refractivity contribution in [2.45, 2.75) is 38.8 Å². The number of carbonyl (C=O) groups excluding carboxylic acids is 1. The summed E-state index contributed by atoms with van der Waals surface area (Å²) in [6.07, 6.45) is 3.37. The molecule has 1 saturated carbocycles. The van der Waals surface area contributed by atoms with Gasteiger partial charge >= 0.3 is 6.01 Å². The lowest BCUT2D eigenvalue weighted by molar-refractivity contribution is -0.119. The molecule has 1 aromatic rings. The van der Waals surface area contributed by atoms with Crippen molar-refractivity contribution in [1.29, 1.82) is 0 Å². The average Bonchev–Trinajstić information content (AvgIpc) is 3.10. The van der Waals surface area contributed by atoms with E-state index in [1.54, 1.807) is 11.9 Å². The molecule has 0 aromatic carbocycles. The van der Waals surface area contributed by atoms with Crippen LogP contribution in [0.2, 0.25) is 0 Å². The van der Waals surface area contributed by atoms with E-state index in [4.69, 9.17) is 4.42 Å². The van der Waals surface area contributed by atoms with Crippen LogP contribution in [-0.4, -0.2) is 42.3 Å². The predicted molar refractivity (Wildman–Crippen MR) is 70.7 cm³/mol. The minimum absolute atomic E-state index is 0.0415. The molecule has 1 aliphatic rings. The van der Waals surface area contributed by atoms with Crippen molar-refractivity contribution in [1.82, 2.24) is 20.8 Å². The first kappa shape index (κ1) is 13.8. The molecule has 1 fully saturated rings. The zero-order valence-corrected chi connectivity index (χ0v) is 11.5. The van der Waals surface area contributed by atoms with Crippen molar-refractivity contribution in [2.75, 3.05) is 25.0 Å². The van der Waals surface area contributed by atoms with Crippen molar-refractivity contribution in [3.05, 3.63) is 5.89 Å². The minimum atomic E-state index is -0.0415. The first-order chi connectivity index (χ1) is 9.19. The highest BCUT2D eigenvalue weighted by Crippen LogP contribution is 2.19. The number of likely N-dealkylation sites (N-methyl/N-ethyl adjacent to an activating group) is 1. The number of hydrogen-bond donors (Lipinski definition) is 2. The lowest BCUT2D eigenvalue weighted by Crippen LogP contribution is -2.35. The monoisotopic (exact) mass is 267 g/mol. The van der Waals surface area contributed by atoms with Gasteiger partial charge in [0.15, 0.2) is 0 Å². The Morgan fingerprint density at radius 1 is 1.47 bits per heavy atom. The zero-order chi connectivity index (χ0) is 13.7. The Bertz CT molecular complexity index is 416.